The van der Waals surface area contributed by atoms with Crippen molar-refractivity contribution in [3.05, 3.63) is 70.5 Å². The van der Waals surface area contributed by atoms with Crippen molar-refractivity contribution in [2.75, 3.05) is 5.32 Å². The maximum Gasteiger partial charge on any atom is 0.437 e. The molecular formula is C19H19ClN6O2S. The monoisotopic (exact) mass is 430 g/mol. The molecule has 150 valence electrons. The summed E-state index contributed by atoms with van der Waals surface area (Å²) in [5, 5.41) is 15.8. The van der Waals surface area contributed by atoms with Crippen molar-refractivity contribution in [2.45, 2.75) is 17.8 Å². The minimum atomic E-state index is -0.750. The number of halogens is 1. The molecule has 0 aliphatic carbocycles. The SMILES string of the molecule is Cc1nnc(SCc2cccc(/C(N)=N\OC(=O)Nc3ccc(Cl)cc3)c2)n1C. The maximum atomic E-state index is 11.8. The molecule has 0 saturated carbocycles. The predicted molar refractivity (Wildman–Crippen MR) is 114 cm³/mol. The fraction of sp³-hybridized carbons (Fsp3) is 0.158. The maximum absolute atomic E-state index is 11.8. The molecule has 0 spiro atoms. The van der Waals surface area contributed by atoms with E-state index in [9.17, 15) is 4.79 Å². The first-order chi connectivity index (χ1) is 13.9. The zero-order chi connectivity index (χ0) is 20.8. The van der Waals surface area contributed by atoms with E-state index in [0.717, 1.165) is 16.5 Å². The zero-order valence-electron chi connectivity index (χ0n) is 15.8. The van der Waals surface area contributed by atoms with Gasteiger partial charge in [0, 0.05) is 29.1 Å². The molecule has 2 aromatic carbocycles. The highest BCUT2D eigenvalue weighted by atomic mass is 35.5. The van der Waals surface area contributed by atoms with E-state index in [1.807, 2.05) is 36.7 Å². The number of nitrogens with zero attached hydrogens (tertiary/aromatic N) is 4. The second-order valence-electron chi connectivity index (χ2n) is 6.07. The van der Waals surface area contributed by atoms with E-state index in [4.69, 9.17) is 22.2 Å². The third-order valence-corrected chi connectivity index (χ3v) is 5.30. The van der Waals surface area contributed by atoms with Gasteiger partial charge in [-0.15, -0.1) is 10.2 Å². The second kappa shape index (κ2) is 9.44. The Kier molecular flexibility index (Phi) is 6.73. The van der Waals surface area contributed by atoms with Gasteiger partial charge in [0.25, 0.3) is 0 Å². The van der Waals surface area contributed by atoms with Crippen LogP contribution in [0.5, 0.6) is 0 Å². The molecule has 1 amide bonds. The first-order valence-corrected chi connectivity index (χ1v) is 9.94. The van der Waals surface area contributed by atoms with Crippen molar-refractivity contribution < 1.29 is 9.63 Å². The van der Waals surface area contributed by atoms with E-state index in [1.165, 1.54) is 0 Å². The van der Waals surface area contributed by atoms with Gasteiger partial charge in [0.05, 0.1) is 0 Å². The molecule has 0 fully saturated rings. The highest BCUT2D eigenvalue weighted by molar-refractivity contribution is 7.98. The van der Waals surface area contributed by atoms with Crippen LogP contribution in [0.15, 0.2) is 58.8 Å². The lowest BCUT2D eigenvalue weighted by Gasteiger charge is -2.06. The Morgan fingerprint density at radius 2 is 2.03 bits per heavy atom. The fourth-order valence-electron chi connectivity index (χ4n) is 2.30. The summed E-state index contributed by atoms with van der Waals surface area (Å²) in [6, 6.07) is 14.1. The number of aryl methyl sites for hydroxylation is 1. The lowest BCUT2D eigenvalue weighted by molar-refractivity contribution is 0.166. The number of aromatic nitrogens is 3. The number of amides is 1. The van der Waals surface area contributed by atoms with Gasteiger partial charge >= 0.3 is 6.09 Å². The lowest BCUT2D eigenvalue weighted by atomic mass is 10.1. The van der Waals surface area contributed by atoms with E-state index >= 15 is 0 Å². The van der Waals surface area contributed by atoms with Crippen LogP contribution in [0.3, 0.4) is 0 Å². The molecule has 10 heteroatoms. The van der Waals surface area contributed by atoms with Gasteiger partial charge in [0.1, 0.15) is 5.82 Å². The van der Waals surface area contributed by atoms with Gasteiger partial charge in [-0.3, -0.25) is 10.2 Å². The molecule has 3 aromatic rings. The van der Waals surface area contributed by atoms with E-state index in [-0.39, 0.29) is 5.84 Å². The van der Waals surface area contributed by atoms with Crippen molar-refractivity contribution in [2.24, 2.45) is 17.9 Å². The first-order valence-electron chi connectivity index (χ1n) is 8.57. The molecule has 0 unspecified atom stereocenters. The quantitative estimate of drug-likeness (QED) is 0.201. The van der Waals surface area contributed by atoms with E-state index < -0.39 is 6.09 Å². The van der Waals surface area contributed by atoms with Crippen LogP contribution in [0.2, 0.25) is 5.02 Å². The topological polar surface area (TPSA) is 107 Å². The first kappa shape index (κ1) is 20.7. The zero-order valence-corrected chi connectivity index (χ0v) is 17.4. The highest BCUT2D eigenvalue weighted by Gasteiger charge is 2.08. The van der Waals surface area contributed by atoms with Crippen LogP contribution in [0.25, 0.3) is 0 Å². The normalized spacial score (nSPS) is 11.3. The number of nitrogens with one attached hydrogen (secondary N) is 1. The van der Waals surface area contributed by atoms with Crippen LogP contribution in [0.1, 0.15) is 17.0 Å². The number of hydrogen-bond donors (Lipinski definition) is 2. The van der Waals surface area contributed by atoms with Crippen LogP contribution in [0, 0.1) is 6.92 Å². The number of benzene rings is 2. The third-order valence-electron chi connectivity index (χ3n) is 3.96. The Morgan fingerprint density at radius 3 is 2.72 bits per heavy atom. The van der Waals surface area contributed by atoms with Gasteiger partial charge in [-0.25, -0.2) is 4.79 Å². The number of carbonyl (C=O) groups is 1. The van der Waals surface area contributed by atoms with Crippen LogP contribution in [-0.4, -0.2) is 26.7 Å². The summed E-state index contributed by atoms with van der Waals surface area (Å²) < 4.78 is 1.93. The van der Waals surface area contributed by atoms with E-state index in [0.29, 0.717) is 22.0 Å². The van der Waals surface area contributed by atoms with Gasteiger partial charge in [0.15, 0.2) is 11.0 Å². The van der Waals surface area contributed by atoms with E-state index in [2.05, 4.69) is 20.7 Å². The lowest BCUT2D eigenvalue weighted by Crippen LogP contribution is -2.17. The molecule has 1 heterocycles. The molecule has 0 atom stereocenters. The molecule has 0 aliphatic rings. The summed E-state index contributed by atoms with van der Waals surface area (Å²) in [5.74, 6) is 1.63. The molecule has 0 aliphatic heterocycles. The Hall–Kier alpha value is -3.04. The summed E-state index contributed by atoms with van der Waals surface area (Å²) in [6.45, 7) is 1.90. The largest absolute Gasteiger partial charge is 0.437 e. The minimum absolute atomic E-state index is 0.0950. The number of hydrogen-bond acceptors (Lipinski definition) is 6. The number of amidine groups is 1. The average Bonchev–Trinajstić information content (AvgIpc) is 3.04. The number of oxime groups is 1. The second-order valence-corrected chi connectivity index (χ2v) is 7.44. The van der Waals surface area contributed by atoms with Crippen LogP contribution < -0.4 is 11.1 Å². The number of carbonyl (C=O) groups excluding carboxylic acids is 1. The number of rotatable bonds is 6. The summed E-state index contributed by atoms with van der Waals surface area (Å²) in [5.41, 5.74) is 8.16. The minimum Gasteiger partial charge on any atom is -0.380 e. The summed E-state index contributed by atoms with van der Waals surface area (Å²) in [7, 11) is 1.92. The van der Waals surface area contributed by atoms with Crippen LogP contribution >= 0.6 is 23.4 Å². The molecule has 3 N–H and O–H groups in total. The molecule has 3 rings (SSSR count). The van der Waals surface area contributed by atoms with Gasteiger partial charge in [0.2, 0.25) is 0 Å². The van der Waals surface area contributed by atoms with Crippen molar-refractivity contribution >= 4 is 41.0 Å². The molecule has 0 saturated heterocycles. The third kappa shape index (κ3) is 5.72. The molecule has 0 bridgehead atoms. The van der Waals surface area contributed by atoms with Crippen LogP contribution in [-0.2, 0) is 17.6 Å². The van der Waals surface area contributed by atoms with Crippen molar-refractivity contribution in [1.29, 1.82) is 0 Å². The standard InChI is InChI=1S/C19H19ClN6O2S/c1-12-23-24-18(26(12)2)29-11-13-4-3-5-14(10-13)17(21)25-28-19(27)22-16-8-6-15(20)7-9-16/h3-10H,11H2,1-2H3,(H2,21,25)(H,22,27). The molecule has 1 aromatic heterocycles. The van der Waals surface area contributed by atoms with Gasteiger partial charge < -0.3 is 10.3 Å². The molecule has 8 nitrogen and oxygen atoms in total. The Balaban J connectivity index is 1.59. The van der Waals surface area contributed by atoms with Crippen molar-refractivity contribution in [3.8, 4) is 0 Å². The summed E-state index contributed by atoms with van der Waals surface area (Å²) >= 11 is 7.37. The summed E-state index contributed by atoms with van der Waals surface area (Å²) in [4.78, 5) is 16.7. The molecule has 0 radical (unpaired) electrons. The highest BCUT2D eigenvalue weighted by Crippen LogP contribution is 2.21. The van der Waals surface area contributed by atoms with Crippen molar-refractivity contribution in [1.82, 2.24) is 14.8 Å². The predicted octanol–water partition coefficient (Wildman–Crippen LogP) is 3.94. The van der Waals surface area contributed by atoms with Gasteiger partial charge in [-0.05, 0) is 42.8 Å². The smallest absolute Gasteiger partial charge is 0.380 e. The average molecular weight is 431 g/mol. The van der Waals surface area contributed by atoms with E-state index in [1.54, 1.807) is 42.1 Å². The van der Waals surface area contributed by atoms with Crippen molar-refractivity contribution in [3.63, 3.8) is 0 Å². The van der Waals surface area contributed by atoms with Gasteiger partial charge in [-0.1, -0.05) is 46.7 Å². The molecular weight excluding hydrogens is 412 g/mol. The number of anilines is 1. The Bertz CT molecular complexity index is 1040. The fourth-order valence-corrected chi connectivity index (χ4v) is 3.32. The summed E-state index contributed by atoms with van der Waals surface area (Å²) in [6.07, 6.45) is -0.750. The Labute approximate surface area is 177 Å². The Morgan fingerprint density at radius 1 is 1.28 bits per heavy atom. The number of nitrogens with two attached hydrogens (primary N) is 1. The van der Waals surface area contributed by atoms with Gasteiger partial charge in [-0.2, -0.15) is 0 Å². The molecule has 29 heavy (non-hydrogen) atoms. The van der Waals surface area contributed by atoms with Crippen LogP contribution in [0.4, 0.5) is 10.5 Å². The number of thioether (sulfide) groups is 1.